The molecular weight excluding hydrogens is 394 g/mol. The van der Waals surface area contributed by atoms with Crippen LogP contribution in [0.3, 0.4) is 0 Å². The molecule has 0 atom stereocenters. The van der Waals surface area contributed by atoms with Gasteiger partial charge in [0.15, 0.2) is 0 Å². The molecule has 0 spiro atoms. The molecular formula is C13H12FIN2O2S. The van der Waals surface area contributed by atoms with Crippen LogP contribution < -0.4 is 4.72 Å². The van der Waals surface area contributed by atoms with Gasteiger partial charge in [0.05, 0.1) is 11.4 Å². The third-order valence-corrected chi connectivity index (χ3v) is 4.71. The molecule has 1 aromatic carbocycles. The van der Waals surface area contributed by atoms with Crippen LogP contribution in [0.1, 0.15) is 5.69 Å². The molecule has 1 N–H and O–H groups in total. The normalized spacial score (nSPS) is 11.3. The van der Waals surface area contributed by atoms with E-state index in [0.29, 0.717) is 21.4 Å². The summed E-state index contributed by atoms with van der Waals surface area (Å²) in [6.45, 7) is 0. The first kappa shape index (κ1) is 15.2. The van der Waals surface area contributed by atoms with Crippen LogP contribution in [-0.2, 0) is 16.4 Å². The Bertz CT molecular complexity index is 693. The highest BCUT2D eigenvalue weighted by Crippen LogP contribution is 2.20. The first-order valence-corrected chi connectivity index (χ1v) is 8.55. The van der Waals surface area contributed by atoms with E-state index >= 15 is 0 Å². The third kappa shape index (κ3) is 4.41. The number of anilines is 1. The molecule has 0 fully saturated rings. The van der Waals surface area contributed by atoms with Gasteiger partial charge in [-0.05, 0) is 52.9 Å². The molecule has 2 rings (SSSR count). The lowest BCUT2D eigenvalue weighted by Gasteiger charge is -2.09. The second-order valence-corrected chi connectivity index (χ2v) is 7.12. The Hall–Kier alpha value is -1.22. The van der Waals surface area contributed by atoms with Crippen LogP contribution in [-0.4, -0.2) is 19.2 Å². The molecule has 0 amide bonds. The van der Waals surface area contributed by atoms with Gasteiger partial charge in [-0.2, -0.15) is 0 Å². The molecule has 0 aliphatic carbocycles. The van der Waals surface area contributed by atoms with Crippen molar-refractivity contribution in [3.8, 4) is 0 Å². The summed E-state index contributed by atoms with van der Waals surface area (Å²) in [5.41, 5.74) is 1.10. The largest absolute Gasteiger partial charge is 0.282 e. The molecule has 0 unspecified atom stereocenters. The molecule has 0 aliphatic heterocycles. The third-order valence-electron chi connectivity index (χ3n) is 2.55. The number of hydrogen-bond donors (Lipinski definition) is 1. The maximum atomic E-state index is 13.0. The summed E-state index contributed by atoms with van der Waals surface area (Å²) in [5.74, 6) is -0.469. The number of aromatic nitrogens is 1. The van der Waals surface area contributed by atoms with Gasteiger partial charge in [0.1, 0.15) is 5.82 Å². The number of aryl methyl sites for hydroxylation is 1. The summed E-state index contributed by atoms with van der Waals surface area (Å²) in [6.07, 6.45) is 1.95. The van der Waals surface area contributed by atoms with Gasteiger partial charge in [-0.15, -0.1) is 0 Å². The Morgan fingerprint density at radius 1 is 1.25 bits per heavy atom. The van der Waals surface area contributed by atoms with Crippen molar-refractivity contribution in [2.45, 2.75) is 6.42 Å². The number of benzene rings is 1. The van der Waals surface area contributed by atoms with E-state index in [1.165, 1.54) is 18.2 Å². The standard InChI is InChI=1S/C13H12FIN2O2S/c14-10-4-5-13(12(15)9-10)17-20(18,19)8-6-11-3-1-2-7-16-11/h1-5,7,9,17H,6,8H2. The molecule has 0 bridgehead atoms. The average Bonchev–Trinajstić information content (AvgIpc) is 2.41. The smallest absolute Gasteiger partial charge is 0.233 e. The highest BCUT2D eigenvalue weighted by Gasteiger charge is 2.13. The van der Waals surface area contributed by atoms with Crippen LogP contribution >= 0.6 is 22.6 Å². The number of pyridine rings is 1. The molecule has 1 heterocycles. The molecule has 7 heteroatoms. The predicted molar refractivity (Wildman–Crippen MR) is 84.5 cm³/mol. The van der Waals surface area contributed by atoms with Crippen molar-refractivity contribution < 1.29 is 12.8 Å². The van der Waals surface area contributed by atoms with Crippen molar-refractivity contribution in [1.29, 1.82) is 0 Å². The SMILES string of the molecule is O=S(=O)(CCc1ccccn1)Nc1ccc(F)cc1I. The highest BCUT2D eigenvalue weighted by atomic mass is 127. The summed E-state index contributed by atoms with van der Waals surface area (Å²) >= 11 is 1.89. The second-order valence-electron chi connectivity index (χ2n) is 4.12. The molecule has 0 aliphatic rings. The van der Waals surface area contributed by atoms with Crippen LogP contribution in [0.25, 0.3) is 0 Å². The first-order valence-electron chi connectivity index (χ1n) is 5.82. The zero-order chi connectivity index (χ0) is 14.6. The van der Waals surface area contributed by atoms with E-state index < -0.39 is 15.8 Å². The van der Waals surface area contributed by atoms with Gasteiger partial charge < -0.3 is 0 Å². The van der Waals surface area contributed by atoms with Crippen LogP contribution in [0.15, 0.2) is 42.6 Å². The van der Waals surface area contributed by atoms with Crippen LogP contribution in [0.4, 0.5) is 10.1 Å². The summed E-state index contributed by atoms with van der Waals surface area (Å²) in [5, 5.41) is 0. The van der Waals surface area contributed by atoms with E-state index in [-0.39, 0.29) is 5.75 Å². The fraction of sp³-hybridized carbons (Fsp3) is 0.154. The number of nitrogens with one attached hydrogen (secondary N) is 1. The van der Waals surface area contributed by atoms with E-state index in [1.54, 1.807) is 18.3 Å². The minimum atomic E-state index is -3.49. The Morgan fingerprint density at radius 2 is 2.05 bits per heavy atom. The Morgan fingerprint density at radius 3 is 2.70 bits per heavy atom. The Labute approximate surface area is 130 Å². The van der Waals surface area contributed by atoms with Crippen LogP contribution in [0.2, 0.25) is 0 Å². The van der Waals surface area contributed by atoms with Crippen molar-refractivity contribution in [3.63, 3.8) is 0 Å². The molecule has 4 nitrogen and oxygen atoms in total. The van der Waals surface area contributed by atoms with Gasteiger partial charge >= 0.3 is 0 Å². The Kier molecular flexibility index (Phi) is 4.92. The lowest BCUT2D eigenvalue weighted by Crippen LogP contribution is -2.19. The number of nitrogens with zero attached hydrogens (tertiary/aromatic N) is 1. The van der Waals surface area contributed by atoms with E-state index in [4.69, 9.17) is 0 Å². The molecule has 0 radical (unpaired) electrons. The van der Waals surface area contributed by atoms with Gasteiger partial charge in [-0.3, -0.25) is 9.71 Å². The van der Waals surface area contributed by atoms with Gasteiger partial charge in [0.2, 0.25) is 10.0 Å². The second kappa shape index (κ2) is 6.49. The van der Waals surface area contributed by atoms with Gasteiger partial charge in [0, 0.05) is 21.9 Å². The summed E-state index contributed by atoms with van der Waals surface area (Å²) in [7, 11) is -3.49. The minimum Gasteiger partial charge on any atom is -0.282 e. The monoisotopic (exact) mass is 406 g/mol. The average molecular weight is 406 g/mol. The Balaban J connectivity index is 2.04. The quantitative estimate of drug-likeness (QED) is 0.778. The maximum Gasteiger partial charge on any atom is 0.233 e. The molecule has 1 aromatic heterocycles. The highest BCUT2D eigenvalue weighted by molar-refractivity contribution is 14.1. The number of hydrogen-bond acceptors (Lipinski definition) is 3. The molecule has 20 heavy (non-hydrogen) atoms. The van der Waals surface area contributed by atoms with E-state index in [2.05, 4.69) is 9.71 Å². The van der Waals surface area contributed by atoms with Crippen LogP contribution in [0, 0.1) is 9.39 Å². The van der Waals surface area contributed by atoms with E-state index in [9.17, 15) is 12.8 Å². The van der Waals surface area contributed by atoms with Gasteiger partial charge in [-0.25, -0.2) is 12.8 Å². The lowest BCUT2D eigenvalue weighted by molar-refractivity contribution is 0.600. The summed E-state index contributed by atoms with van der Waals surface area (Å²) in [4.78, 5) is 4.07. The van der Waals surface area contributed by atoms with Gasteiger partial charge in [0.25, 0.3) is 0 Å². The van der Waals surface area contributed by atoms with Crippen LogP contribution in [0.5, 0.6) is 0 Å². The van der Waals surface area contributed by atoms with Crippen molar-refractivity contribution in [2.75, 3.05) is 10.5 Å². The van der Waals surface area contributed by atoms with E-state index in [1.807, 2.05) is 28.7 Å². The van der Waals surface area contributed by atoms with Crippen molar-refractivity contribution in [2.24, 2.45) is 0 Å². The lowest BCUT2D eigenvalue weighted by atomic mass is 10.3. The predicted octanol–water partition coefficient (Wildman–Crippen LogP) is 2.81. The van der Waals surface area contributed by atoms with E-state index in [0.717, 1.165) is 0 Å². The first-order chi connectivity index (χ1) is 9.46. The fourth-order valence-corrected chi connectivity index (χ4v) is 3.46. The number of halogens is 2. The zero-order valence-electron chi connectivity index (χ0n) is 10.4. The van der Waals surface area contributed by atoms with Crippen molar-refractivity contribution in [1.82, 2.24) is 4.98 Å². The summed E-state index contributed by atoms with van der Waals surface area (Å²) < 4.78 is 39.9. The molecule has 0 saturated carbocycles. The fourth-order valence-electron chi connectivity index (χ4n) is 1.58. The summed E-state index contributed by atoms with van der Waals surface area (Å²) in [6, 6.07) is 9.27. The number of rotatable bonds is 5. The number of sulfonamides is 1. The molecule has 2 aromatic rings. The minimum absolute atomic E-state index is 0.0720. The van der Waals surface area contributed by atoms with Crippen molar-refractivity contribution >= 4 is 38.3 Å². The van der Waals surface area contributed by atoms with Gasteiger partial charge in [-0.1, -0.05) is 6.07 Å². The zero-order valence-corrected chi connectivity index (χ0v) is 13.4. The van der Waals surface area contributed by atoms with Crippen molar-refractivity contribution in [3.05, 3.63) is 57.7 Å². The topological polar surface area (TPSA) is 59.1 Å². The molecule has 0 saturated heterocycles. The maximum absolute atomic E-state index is 13.0. The molecule has 106 valence electrons.